The molecular formula is C29H23NO. The minimum atomic E-state index is -0.0876. The Hall–Kier alpha value is -3.49. The number of allylic oxidation sites excluding steroid dienone is 3. The van der Waals surface area contributed by atoms with Gasteiger partial charge in [-0.25, -0.2) is 0 Å². The van der Waals surface area contributed by atoms with Gasteiger partial charge in [0.15, 0.2) is 0 Å². The van der Waals surface area contributed by atoms with E-state index < -0.39 is 0 Å². The van der Waals surface area contributed by atoms with Crippen LogP contribution in [0.15, 0.2) is 96.6 Å². The summed E-state index contributed by atoms with van der Waals surface area (Å²) in [5.74, 6) is -0.0876. The Morgan fingerprint density at radius 1 is 0.774 bits per heavy atom. The van der Waals surface area contributed by atoms with Crippen LogP contribution in [-0.2, 0) is 17.9 Å². The topological polar surface area (TPSA) is 20.3 Å². The highest BCUT2D eigenvalue weighted by Gasteiger charge is 2.25. The first-order chi connectivity index (χ1) is 15.3. The molecule has 0 fully saturated rings. The largest absolute Gasteiger partial charge is 0.302 e. The van der Waals surface area contributed by atoms with E-state index in [1.807, 2.05) is 12.2 Å². The average molecular weight is 402 g/mol. The van der Waals surface area contributed by atoms with Crippen LogP contribution < -0.4 is 0 Å². The van der Waals surface area contributed by atoms with Crippen LogP contribution in [0.4, 0.5) is 0 Å². The third kappa shape index (κ3) is 3.03. The molecule has 0 aromatic heterocycles. The number of hydrogen-bond acceptors (Lipinski definition) is 2. The predicted molar refractivity (Wildman–Crippen MR) is 128 cm³/mol. The number of hydrogen-bond donors (Lipinski definition) is 0. The molecular weight excluding hydrogens is 378 g/mol. The Labute approximate surface area is 182 Å². The molecule has 31 heavy (non-hydrogen) atoms. The molecule has 1 aliphatic carbocycles. The molecule has 0 bridgehead atoms. The maximum Gasteiger partial charge on any atom is 0.130 e. The fourth-order valence-electron chi connectivity index (χ4n) is 5.22. The molecule has 4 aromatic rings. The fraction of sp³-hybridized carbons (Fsp3) is 0.138. The van der Waals surface area contributed by atoms with Gasteiger partial charge in [0.05, 0.1) is 5.92 Å². The Bertz CT molecular complexity index is 1310. The highest BCUT2D eigenvalue weighted by molar-refractivity contribution is 6.08. The lowest BCUT2D eigenvalue weighted by atomic mass is 9.88. The molecule has 0 spiro atoms. The van der Waals surface area contributed by atoms with Crippen molar-refractivity contribution in [1.29, 1.82) is 0 Å². The molecule has 2 heteroatoms. The number of rotatable bonds is 3. The summed E-state index contributed by atoms with van der Waals surface area (Å²) >= 11 is 0. The molecule has 1 unspecified atom stereocenters. The molecule has 0 radical (unpaired) electrons. The number of benzene rings is 4. The first kappa shape index (κ1) is 18.3. The van der Waals surface area contributed by atoms with E-state index in [1.165, 1.54) is 49.4 Å². The Morgan fingerprint density at radius 3 is 1.94 bits per heavy atom. The second kappa shape index (κ2) is 7.33. The van der Waals surface area contributed by atoms with E-state index >= 15 is 0 Å². The summed E-state index contributed by atoms with van der Waals surface area (Å²) in [6, 6.07) is 26.5. The standard InChI is InChI=1S/C29H23NO/c31-19-25-9-5-8-22(25)16-30-17-23-14-12-20-6-1-3-10-26(20)28(23)29-24(18-30)15-13-21-7-2-4-11-27(21)29/h1-15,19,25H,16-18H2. The fourth-order valence-corrected chi connectivity index (χ4v) is 5.22. The molecule has 4 aromatic carbocycles. The third-order valence-corrected chi connectivity index (χ3v) is 6.68. The van der Waals surface area contributed by atoms with Gasteiger partial charge < -0.3 is 4.79 Å². The van der Waals surface area contributed by atoms with E-state index in [4.69, 9.17) is 0 Å². The highest BCUT2D eigenvalue weighted by Crippen LogP contribution is 2.42. The van der Waals surface area contributed by atoms with Crippen LogP contribution in [0.25, 0.3) is 32.7 Å². The number of carbonyl (C=O) groups excluding carboxylic acids is 1. The van der Waals surface area contributed by atoms with Gasteiger partial charge in [0.1, 0.15) is 6.29 Å². The minimum absolute atomic E-state index is 0.0876. The number of fused-ring (bicyclic) bond motifs is 7. The van der Waals surface area contributed by atoms with Crippen molar-refractivity contribution in [2.24, 2.45) is 5.92 Å². The predicted octanol–water partition coefficient (Wildman–Crippen LogP) is 6.29. The lowest BCUT2D eigenvalue weighted by Gasteiger charge is -2.23. The van der Waals surface area contributed by atoms with E-state index in [1.54, 1.807) is 0 Å². The lowest BCUT2D eigenvalue weighted by molar-refractivity contribution is -0.109. The van der Waals surface area contributed by atoms with E-state index in [-0.39, 0.29) is 5.92 Å². The van der Waals surface area contributed by atoms with Crippen molar-refractivity contribution in [2.75, 3.05) is 6.54 Å². The van der Waals surface area contributed by atoms with E-state index in [0.29, 0.717) is 0 Å². The number of carbonyl (C=O) groups is 1. The molecule has 1 aliphatic heterocycles. The molecule has 0 saturated carbocycles. The van der Waals surface area contributed by atoms with E-state index in [2.05, 4.69) is 83.8 Å². The summed E-state index contributed by atoms with van der Waals surface area (Å²) in [4.78, 5) is 14.0. The van der Waals surface area contributed by atoms with Gasteiger partial charge >= 0.3 is 0 Å². The third-order valence-electron chi connectivity index (χ3n) is 6.68. The summed E-state index contributed by atoms with van der Waals surface area (Å²) in [6.45, 7) is 2.53. The maximum atomic E-state index is 11.5. The zero-order valence-electron chi connectivity index (χ0n) is 17.3. The van der Waals surface area contributed by atoms with Crippen molar-refractivity contribution in [3.63, 3.8) is 0 Å². The Morgan fingerprint density at radius 2 is 1.35 bits per heavy atom. The maximum absolute atomic E-state index is 11.5. The van der Waals surface area contributed by atoms with Crippen molar-refractivity contribution >= 4 is 27.8 Å². The normalized spacial score (nSPS) is 17.9. The second-order valence-corrected chi connectivity index (χ2v) is 8.58. The van der Waals surface area contributed by atoms with Gasteiger partial charge in [-0.3, -0.25) is 4.90 Å². The van der Waals surface area contributed by atoms with Crippen molar-refractivity contribution in [3.8, 4) is 11.1 Å². The molecule has 2 nitrogen and oxygen atoms in total. The van der Waals surface area contributed by atoms with Crippen molar-refractivity contribution in [2.45, 2.75) is 13.1 Å². The van der Waals surface area contributed by atoms with Gasteiger partial charge in [-0.15, -0.1) is 0 Å². The van der Waals surface area contributed by atoms with Gasteiger partial charge in [0, 0.05) is 19.6 Å². The molecule has 1 heterocycles. The SMILES string of the molecule is O=CC1C=CC=C1CN1Cc2ccc3ccccc3c2-c2c(ccc3ccccc23)C1. The van der Waals surface area contributed by atoms with Crippen LogP contribution in [0.3, 0.4) is 0 Å². The van der Waals surface area contributed by atoms with Gasteiger partial charge in [0.25, 0.3) is 0 Å². The smallest absolute Gasteiger partial charge is 0.130 e. The molecule has 0 amide bonds. The van der Waals surface area contributed by atoms with Crippen molar-refractivity contribution < 1.29 is 4.79 Å². The van der Waals surface area contributed by atoms with E-state index in [9.17, 15) is 4.79 Å². The Balaban J connectivity index is 1.57. The van der Waals surface area contributed by atoms with Crippen LogP contribution >= 0.6 is 0 Å². The second-order valence-electron chi connectivity index (χ2n) is 8.58. The summed E-state index contributed by atoms with van der Waals surface area (Å²) in [5, 5.41) is 5.17. The van der Waals surface area contributed by atoms with Gasteiger partial charge in [0.2, 0.25) is 0 Å². The molecule has 2 aliphatic rings. The van der Waals surface area contributed by atoms with Crippen LogP contribution in [0, 0.1) is 5.92 Å². The lowest BCUT2D eigenvalue weighted by Crippen LogP contribution is -2.26. The average Bonchev–Trinajstić information content (AvgIpc) is 3.18. The molecule has 1 atom stereocenters. The minimum Gasteiger partial charge on any atom is -0.302 e. The number of aldehydes is 1. The van der Waals surface area contributed by atoms with Gasteiger partial charge in [-0.2, -0.15) is 0 Å². The van der Waals surface area contributed by atoms with Gasteiger partial charge in [-0.1, -0.05) is 91.0 Å². The highest BCUT2D eigenvalue weighted by atomic mass is 16.1. The number of nitrogens with zero attached hydrogens (tertiary/aromatic N) is 1. The molecule has 0 N–H and O–H groups in total. The first-order valence-electron chi connectivity index (χ1n) is 10.9. The van der Waals surface area contributed by atoms with Crippen molar-refractivity contribution in [1.82, 2.24) is 4.90 Å². The zero-order chi connectivity index (χ0) is 20.8. The van der Waals surface area contributed by atoms with E-state index in [0.717, 1.165) is 25.9 Å². The first-order valence-corrected chi connectivity index (χ1v) is 10.9. The zero-order valence-corrected chi connectivity index (χ0v) is 17.3. The van der Waals surface area contributed by atoms with Crippen LogP contribution in [-0.4, -0.2) is 17.7 Å². The Kier molecular flexibility index (Phi) is 4.33. The van der Waals surface area contributed by atoms with Crippen LogP contribution in [0.1, 0.15) is 11.1 Å². The van der Waals surface area contributed by atoms with Crippen LogP contribution in [0.5, 0.6) is 0 Å². The monoisotopic (exact) mass is 401 g/mol. The quantitative estimate of drug-likeness (QED) is 0.376. The van der Waals surface area contributed by atoms with Crippen LogP contribution in [0.2, 0.25) is 0 Å². The molecule has 6 rings (SSSR count). The summed E-state index contributed by atoms with van der Waals surface area (Å²) < 4.78 is 0. The molecule has 0 saturated heterocycles. The summed E-state index contributed by atoms with van der Waals surface area (Å²) in [6.07, 6.45) is 7.15. The summed E-state index contributed by atoms with van der Waals surface area (Å²) in [5.41, 5.74) is 6.60. The molecule has 150 valence electrons. The van der Waals surface area contributed by atoms with Gasteiger partial charge in [-0.05, 0) is 49.4 Å². The van der Waals surface area contributed by atoms with Crippen molar-refractivity contribution in [3.05, 3.63) is 108 Å². The summed E-state index contributed by atoms with van der Waals surface area (Å²) in [7, 11) is 0.